The van der Waals surface area contributed by atoms with E-state index in [0.717, 1.165) is 28.5 Å². The third-order valence-electron chi connectivity index (χ3n) is 5.33. The number of pyridine rings is 2. The average Bonchev–Trinajstić information content (AvgIpc) is 2.84. The molecule has 0 spiro atoms. The van der Waals surface area contributed by atoms with E-state index in [1.807, 2.05) is 49.4 Å². The number of carbonyl (C=O) groups is 2. The van der Waals surface area contributed by atoms with Crippen molar-refractivity contribution in [2.75, 3.05) is 7.11 Å². The highest BCUT2D eigenvalue weighted by molar-refractivity contribution is 6.39. The van der Waals surface area contributed by atoms with Gasteiger partial charge in [-0.15, -0.1) is 0 Å². The molecule has 4 aromatic rings. The number of carbonyl (C=O) groups excluding carboxylic acids is 2. The van der Waals surface area contributed by atoms with Crippen LogP contribution in [-0.2, 0) is 0 Å². The van der Waals surface area contributed by atoms with Crippen molar-refractivity contribution in [3.05, 3.63) is 87.5 Å². The molecule has 2 heterocycles. The predicted octanol–water partition coefficient (Wildman–Crippen LogP) is 6.73. The first-order valence-electron chi connectivity index (χ1n) is 9.98. The van der Waals surface area contributed by atoms with Crippen LogP contribution in [0.5, 0.6) is 5.88 Å². The molecule has 0 aliphatic rings. The number of aromatic nitrogens is 2. The molecular weight excluding hydrogens is 459 g/mol. The second-order valence-corrected chi connectivity index (χ2v) is 8.05. The highest BCUT2D eigenvalue weighted by Crippen LogP contribution is 2.42. The number of ether oxygens (including phenoxy) is 1. The van der Waals surface area contributed by atoms with Gasteiger partial charge in [0.05, 0.1) is 34.1 Å². The van der Waals surface area contributed by atoms with Crippen molar-refractivity contribution >= 4 is 35.8 Å². The molecule has 0 atom stereocenters. The molecule has 164 valence electrons. The number of methoxy groups -OCH3 is 1. The van der Waals surface area contributed by atoms with Crippen LogP contribution in [0.15, 0.2) is 60.8 Å². The topological polar surface area (TPSA) is 69.2 Å². The Morgan fingerprint density at radius 1 is 0.788 bits per heavy atom. The summed E-state index contributed by atoms with van der Waals surface area (Å²) in [6.07, 6.45) is 3.01. The third-order valence-corrected chi connectivity index (χ3v) is 6.14. The van der Waals surface area contributed by atoms with Crippen LogP contribution in [-0.4, -0.2) is 29.7 Å². The van der Waals surface area contributed by atoms with E-state index in [9.17, 15) is 9.59 Å². The molecule has 2 aromatic heterocycles. The summed E-state index contributed by atoms with van der Waals surface area (Å²) in [6.45, 7) is 1.85. The molecule has 4 rings (SSSR count). The first kappa shape index (κ1) is 22.6. The molecule has 2 aromatic carbocycles. The molecule has 0 saturated heterocycles. The molecule has 7 heteroatoms. The van der Waals surface area contributed by atoms with Crippen molar-refractivity contribution in [3.63, 3.8) is 0 Å². The van der Waals surface area contributed by atoms with Crippen LogP contribution in [0.3, 0.4) is 0 Å². The van der Waals surface area contributed by atoms with Gasteiger partial charge in [0.15, 0.2) is 12.6 Å². The molecular formula is C26H18Cl2N2O3. The Morgan fingerprint density at radius 2 is 1.36 bits per heavy atom. The second-order valence-electron chi connectivity index (χ2n) is 7.29. The van der Waals surface area contributed by atoms with E-state index in [2.05, 4.69) is 9.97 Å². The van der Waals surface area contributed by atoms with Gasteiger partial charge >= 0.3 is 0 Å². The quantitative estimate of drug-likeness (QED) is 0.288. The van der Waals surface area contributed by atoms with E-state index in [-0.39, 0.29) is 5.88 Å². The third kappa shape index (κ3) is 4.25. The first-order chi connectivity index (χ1) is 16.0. The van der Waals surface area contributed by atoms with Gasteiger partial charge < -0.3 is 4.74 Å². The smallest absolute Gasteiger partial charge is 0.224 e. The molecule has 0 unspecified atom stereocenters. The van der Waals surface area contributed by atoms with Gasteiger partial charge in [-0.1, -0.05) is 59.6 Å². The fraction of sp³-hybridized carbons (Fsp3) is 0.0769. The summed E-state index contributed by atoms with van der Waals surface area (Å²) in [7, 11) is 1.46. The molecule has 0 fully saturated rings. The summed E-state index contributed by atoms with van der Waals surface area (Å²) in [5.74, 6) is 0.226. The lowest BCUT2D eigenvalue weighted by Gasteiger charge is -2.14. The Labute approximate surface area is 201 Å². The van der Waals surface area contributed by atoms with E-state index in [1.165, 1.54) is 13.3 Å². The van der Waals surface area contributed by atoms with Gasteiger partial charge in [0.1, 0.15) is 0 Å². The number of nitrogens with zero attached hydrogens (tertiary/aromatic N) is 2. The van der Waals surface area contributed by atoms with E-state index >= 15 is 0 Å². The number of benzene rings is 2. The van der Waals surface area contributed by atoms with Crippen molar-refractivity contribution in [1.82, 2.24) is 9.97 Å². The summed E-state index contributed by atoms with van der Waals surface area (Å²) in [5, 5.41) is 0.953. The van der Waals surface area contributed by atoms with Crippen LogP contribution in [0.25, 0.3) is 33.6 Å². The predicted molar refractivity (Wildman–Crippen MR) is 130 cm³/mol. The van der Waals surface area contributed by atoms with Crippen molar-refractivity contribution in [2.45, 2.75) is 6.92 Å². The highest BCUT2D eigenvalue weighted by Gasteiger charge is 2.17. The van der Waals surface area contributed by atoms with Gasteiger partial charge in [-0.25, -0.2) is 4.98 Å². The summed E-state index contributed by atoms with van der Waals surface area (Å²) in [6, 6.07) is 16.4. The van der Waals surface area contributed by atoms with Crippen molar-refractivity contribution in [1.29, 1.82) is 0 Å². The van der Waals surface area contributed by atoms with Gasteiger partial charge in [-0.3, -0.25) is 14.6 Å². The summed E-state index contributed by atoms with van der Waals surface area (Å²) >= 11 is 13.6. The van der Waals surface area contributed by atoms with Crippen molar-refractivity contribution in [2.24, 2.45) is 0 Å². The minimum absolute atomic E-state index is 0.226. The number of halogens is 2. The van der Waals surface area contributed by atoms with Crippen molar-refractivity contribution in [3.8, 4) is 39.5 Å². The van der Waals surface area contributed by atoms with E-state index in [1.54, 1.807) is 12.1 Å². The van der Waals surface area contributed by atoms with Gasteiger partial charge in [0.25, 0.3) is 0 Å². The number of hydrogen-bond donors (Lipinski definition) is 0. The second kappa shape index (κ2) is 9.53. The number of rotatable bonds is 6. The Hall–Kier alpha value is -3.54. The molecule has 33 heavy (non-hydrogen) atoms. The van der Waals surface area contributed by atoms with E-state index < -0.39 is 0 Å². The zero-order chi connectivity index (χ0) is 23.5. The molecule has 0 aliphatic heterocycles. The van der Waals surface area contributed by atoms with Crippen molar-refractivity contribution < 1.29 is 14.3 Å². The lowest BCUT2D eigenvalue weighted by atomic mass is 9.97. The van der Waals surface area contributed by atoms with Crippen LogP contribution in [0.4, 0.5) is 0 Å². The van der Waals surface area contributed by atoms with Crippen LogP contribution >= 0.6 is 23.2 Å². The molecule has 0 bridgehead atoms. The average molecular weight is 477 g/mol. The summed E-state index contributed by atoms with van der Waals surface area (Å²) < 4.78 is 5.23. The van der Waals surface area contributed by atoms with Gasteiger partial charge in [0.2, 0.25) is 5.88 Å². The summed E-state index contributed by atoms with van der Waals surface area (Å²) in [4.78, 5) is 31.2. The zero-order valence-electron chi connectivity index (χ0n) is 17.8. The molecule has 0 saturated carbocycles. The van der Waals surface area contributed by atoms with Crippen LogP contribution in [0.2, 0.25) is 10.0 Å². The van der Waals surface area contributed by atoms with Gasteiger partial charge in [0, 0.05) is 34.0 Å². The maximum Gasteiger partial charge on any atom is 0.224 e. The molecule has 0 radical (unpaired) electrons. The first-order valence-corrected chi connectivity index (χ1v) is 10.7. The SMILES string of the molecule is COc1nc(-c2cccc(-c3cccc(-c4cc(C)c(C=O)cn4)c3Cl)c2Cl)ccc1C=O. The largest absolute Gasteiger partial charge is 0.480 e. The van der Waals surface area contributed by atoms with Crippen LogP contribution in [0.1, 0.15) is 26.3 Å². The summed E-state index contributed by atoms with van der Waals surface area (Å²) in [5.41, 5.74) is 5.79. The maximum atomic E-state index is 11.2. The minimum Gasteiger partial charge on any atom is -0.480 e. The normalized spacial score (nSPS) is 10.7. The molecule has 0 aliphatic carbocycles. The Balaban J connectivity index is 1.83. The lowest BCUT2D eigenvalue weighted by molar-refractivity contribution is 0.111. The van der Waals surface area contributed by atoms with Gasteiger partial charge in [-0.05, 0) is 30.7 Å². The minimum atomic E-state index is 0.226. The maximum absolute atomic E-state index is 11.2. The Morgan fingerprint density at radius 3 is 1.91 bits per heavy atom. The number of hydrogen-bond acceptors (Lipinski definition) is 5. The highest BCUT2D eigenvalue weighted by atomic mass is 35.5. The lowest BCUT2D eigenvalue weighted by Crippen LogP contribution is -1.96. The Bertz CT molecular complexity index is 1390. The van der Waals surface area contributed by atoms with Crippen LogP contribution < -0.4 is 4.74 Å². The standard InChI is InChI=1S/C26H18Cl2N2O3/c1-15-11-23(29-12-17(15)14-32)21-8-4-6-19(25(21)28)18-5-3-7-20(24(18)27)22-10-9-16(13-31)26(30-22)33-2/h3-14H,1-2H3. The monoisotopic (exact) mass is 476 g/mol. The fourth-order valence-electron chi connectivity index (χ4n) is 3.57. The van der Waals surface area contributed by atoms with Crippen LogP contribution in [0, 0.1) is 6.92 Å². The Kier molecular flexibility index (Phi) is 6.54. The zero-order valence-corrected chi connectivity index (χ0v) is 19.3. The molecule has 5 nitrogen and oxygen atoms in total. The van der Waals surface area contributed by atoms with E-state index in [4.69, 9.17) is 27.9 Å². The number of aryl methyl sites for hydroxylation is 1. The fourth-order valence-corrected chi connectivity index (χ4v) is 4.22. The molecule has 0 N–H and O–H groups in total. The number of aldehydes is 2. The van der Waals surface area contributed by atoms with E-state index in [0.29, 0.717) is 44.4 Å². The van der Waals surface area contributed by atoms with Gasteiger partial charge in [-0.2, -0.15) is 0 Å². The molecule has 0 amide bonds.